The molecule has 0 radical (unpaired) electrons. The average Bonchev–Trinajstić information content (AvgIpc) is 2.79. The summed E-state index contributed by atoms with van der Waals surface area (Å²) < 4.78 is 70.3. The van der Waals surface area contributed by atoms with Gasteiger partial charge in [-0.1, -0.05) is 64.5 Å². The number of nitrogens with one attached hydrogen (secondary N) is 1. The monoisotopic (exact) mass is 557 g/mol. The minimum absolute atomic E-state index is 0.0403. The summed E-state index contributed by atoms with van der Waals surface area (Å²) in [6.45, 7) is 1.30. The average molecular weight is 558 g/mol. The highest BCUT2D eigenvalue weighted by atomic mass is 79.9. The topological polar surface area (TPSA) is 73.9 Å². The van der Waals surface area contributed by atoms with Crippen LogP contribution in [0.1, 0.15) is 18.1 Å². The number of alkyl halides is 3. The van der Waals surface area contributed by atoms with Crippen LogP contribution in [0.4, 0.5) is 13.2 Å². The third-order valence-corrected chi connectivity index (χ3v) is 6.45. The van der Waals surface area contributed by atoms with E-state index < -0.39 is 37.2 Å². The van der Waals surface area contributed by atoms with E-state index in [9.17, 15) is 22.5 Å². The molecular formula is C23H20BrF3NO5P. The maximum absolute atomic E-state index is 13.6. The van der Waals surface area contributed by atoms with Gasteiger partial charge in [-0.2, -0.15) is 18.3 Å². The molecule has 180 valence electrons. The maximum Gasteiger partial charge on any atom is 0.513 e. The number of benzene rings is 3. The van der Waals surface area contributed by atoms with Gasteiger partial charge in [0.1, 0.15) is 24.1 Å². The Hall–Kier alpha value is -2.81. The largest absolute Gasteiger partial charge is 0.513 e. The molecule has 0 fully saturated rings. The van der Waals surface area contributed by atoms with Crippen molar-refractivity contribution in [2.45, 2.75) is 25.7 Å². The lowest BCUT2D eigenvalue weighted by molar-refractivity contribution is -0.146. The molecule has 0 aliphatic carbocycles. The smallest absolute Gasteiger partial charge is 0.460 e. The van der Waals surface area contributed by atoms with Gasteiger partial charge >= 0.3 is 19.9 Å². The highest BCUT2D eigenvalue weighted by Gasteiger charge is 2.39. The Morgan fingerprint density at radius 3 is 2.24 bits per heavy atom. The molecule has 0 spiro atoms. The molecule has 0 bridgehead atoms. The fourth-order valence-electron chi connectivity index (χ4n) is 2.77. The summed E-state index contributed by atoms with van der Waals surface area (Å²) in [5.41, 5.74) is -0.437. The van der Waals surface area contributed by atoms with Crippen molar-refractivity contribution in [2.75, 3.05) is 0 Å². The summed E-state index contributed by atoms with van der Waals surface area (Å²) >= 11 is 2.99. The number of carbonyl (C=O) groups is 1. The van der Waals surface area contributed by atoms with Crippen LogP contribution in [-0.2, 0) is 26.9 Å². The molecule has 11 heteroatoms. The second-order valence-corrected chi connectivity index (χ2v) is 9.61. The molecule has 3 aromatic rings. The SMILES string of the molecule is C[C@H](NP(=O)(Oc1ccccc1)Oc1ccc(Br)cc1C(F)(F)F)C(=O)OCc1ccccc1. The molecule has 0 aliphatic heterocycles. The van der Waals surface area contributed by atoms with Crippen LogP contribution in [0.15, 0.2) is 83.3 Å². The van der Waals surface area contributed by atoms with Gasteiger partial charge in [-0.25, -0.2) is 4.57 Å². The van der Waals surface area contributed by atoms with E-state index in [0.29, 0.717) is 0 Å². The van der Waals surface area contributed by atoms with Gasteiger partial charge in [-0.3, -0.25) is 4.79 Å². The Kier molecular flexibility index (Phi) is 8.41. The predicted octanol–water partition coefficient (Wildman–Crippen LogP) is 6.76. The van der Waals surface area contributed by atoms with Gasteiger partial charge in [0.25, 0.3) is 0 Å². The summed E-state index contributed by atoms with van der Waals surface area (Å²) in [6.07, 6.45) is -4.79. The van der Waals surface area contributed by atoms with Gasteiger partial charge in [-0.05, 0) is 42.8 Å². The van der Waals surface area contributed by atoms with Crippen molar-refractivity contribution >= 4 is 29.6 Å². The molecule has 0 aliphatic rings. The summed E-state index contributed by atoms with van der Waals surface area (Å²) in [7, 11) is -4.55. The van der Waals surface area contributed by atoms with Crippen LogP contribution in [0.5, 0.6) is 11.5 Å². The minimum atomic E-state index is -4.79. The van der Waals surface area contributed by atoms with Crippen LogP contribution in [0.3, 0.4) is 0 Å². The van der Waals surface area contributed by atoms with Crippen molar-refractivity contribution in [2.24, 2.45) is 0 Å². The second kappa shape index (κ2) is 11.1. The van der Waals surface area contributed by atoms with Gasteiger partial charge in [0.2, 0.25) is 0 Å². The lowest BCUT2D eigenvalue weighted by Crippen LogP contribution is -2.35. The zero-order valence-corrected chi connectivity index (χ0v) is 20.3. The van der Waals surface area contributed by atoms with Crippen LogP contribution in [0.25, 0.3) is 0 Å². The number of esters is 1. The number of rotatable bonds is 9. The summed E-state index contributed by atoms with van der Waals surface area (Å²) in [4.78, 5) is 12.5. The maximum atomic E-state index is 13.6. The number of carbonyl (C=O) groups excluding carboxylic acids is 1. The summed E-state index contributed by atoms with van der Waals surface area (Å²) in [6, 6.07) is 18.5. The first-order valence-corrected chi connectivity index (χ1v) is 12.3. The third-order valence-electron chi connectivity index (χ3n) is 4.36. The van der Waals surface area contributed by atoms with E-state index in [2.05, 4.69) is 21.0 Å². The molecular weight excluding hydrogens is 538 g/mol. The quantitative estimate of drug-likeness (QED) is 0.231. The lowest BCUT2D eigenvalue weighted by Gasteiger charge is -2.24. The van der Waals surface area contributed by atoms with Crippen molar-refractivity contribution < 1.29 is 36.3 Å². The standard InChI is InChI=1S/C23H20BrF3NO5P/c1-16(22(29)31-15-17-8-4-2-5-9-17)28-34(30,32-19-10-6-3-7-11-19)33-21-13-12-18(24)14-20(21)23(25,26)27/h2-14,16H,15H2,1H3,(H,28,30)/t16-,34?/m0/s1. The summed E-state index contributed by atoms with van der Waals surface area (Å²) in [5.74, 6) is -1.46. The van der Waals surface area contributed by atoms with Gasteiger partial charge < -0.3 is 13.8 Å². The fraction of sp³-hybridized carbons (Fsp3) is 0.174. The molecule has 0 amide bonds. The molecule has 1 unspecified atom stereocenters. The van der Waals surface area contributed by atoms with Crippen LogP contribution in [0.2, 0.25) is 0 Å². The Morgan fingerprint density at radius 1 is 1.00 bits per heavy atom. The van der Waals surface area contributed by atoms with E-state index in [4.69, 9.17) is 13.8 Å². The van der Waals surface area contributed by atoms with Crippen molar-refractivity contribution in [1.29, 1.82) is 0 Å². The second-order valence-electron chi connectivity index (χ2n) is 7.08. The molecule has 0 saturated heterocycles. The van der Waals surface area contributed by atoms with Crippen LogP contribution < -0.4 is 14.1 Å². The molecule has 6 nitrogen and oxygen atoms in total. The number of hydrogen-bond donors (Lipinski definition) is 1. The van der Waals surface area contributed by atoms with E-state index in [-0.39, 0.29) is 16.8 Å². The molecule has 0 heterocycles. The van der Waals surface area contributed by atoms with Gasteiger partial charge in [0.15, 0.2) is 0 Å². The molecule has 3 rings (SSSR count). The molecule has 3 aromatic carbocycles. The first-order valence-electron chi connectivity index (χ1n) is 9.95. The third kappa shape index (κ3) is 7.35. The number of para-hydroxylation sites is 1. The van der Waals surface area contributed by atoms with E-state index in [1.807, 2.05) is 0 Å². The fourth-order valence-corrected chi connectivity index (χ4v) is 4.67. The Morgan fingerprint density at radius 2 is 1.62 bits per heavy atom. The van der Waals surface area contributed by atoms with Crippen molar-refractivity contribution in [3.8, 4) is 11.5 Å². The molecule has 1 N–H and O–H groups in total. The van der Waals surface area contributed by atoms with Crippen LogP contribution in [0, 0.1) is 0 Å². The zero-order valence-electron chi connectivity index (χ0n) is 17.8. The van der Waals surface area contributed by atoms with Crippen molar-refractivity contribution in [3.05, 3.63) is 94.5 Å². The van der Waals surface area contributed by atoms with Gasteiger partial charge in [0.05, 0.1) is 5.56 Å². The predicted molar refractivity (Wildman–Crippen MR) is 123 cm³/mol. The molecule has 0 aromatic heterocycles. The normalized spacial score (nSPS) is 14.0. The zero-order chi connectivity index (χ0) is 24.8. The van der Waals surface area contributed by atoms with E-state index in [1.165, 1.54) is 25.1 Å². The lowest BCUT2D eigenvalue weighted by atomic mass is 10.2. The Labute approximate surface area is 202 Å². The van der Waals surface area contributed by atoms with Crippen molar-refractivity contribution in [3.63, 3.8) is 0 Å². The highest BCUT2D eigenvalue weighted by Crippen LogP contribution is 2.49. The van der Waals surface area contributed by atoms with Crippen LogP contribution in [-0.4, -0.2) is 12.0 Å². The van der Waals surface area contributed by atoms with Crippen LogP contribution >= 0.6 is 23.7 Å². The minimum Gasteiger partial charge on any atom is -0.460 e. The summed E-state index contributed by atoms with van der Waals surface area (Å²) in [5, 5.41) is 2.38. The van der Waals surface area contributed by atoms with Crippen molar-refractivity contribution in [1.82, 2.24) is 5.09 Å². The first-order chi connectivity index (χ1) is 16.1. The Balaban J connectivity index is 1.83. The van der Waals surface area contributed by atoms with Gasteiger partial charge in [0, 0.05) is 4.47 Å². The Bertz CT molecular complexity index is 1160. The number of hydrogen-bond acceptors (Lipinski definition) is 5. The first kappa shape index (κ1) is 25.8. The molecule has 0 saturated carbocycles. The van der Waals surface area contributed by atoms with E-state index in [0.717, 1.165) is 17.7 Å². The van der Waals surface area contributed by atoms with Gasteiger partial charge in [-0.15, -0.1) is 0 Å². The highest BCUT2D eigenvalue weighted by molar-refractivity contribution is 9.10. The number of halogens is 4. The van der Waals surface area contributed by atoms with E-state index in [1.54, 1.807) is 48.5 Å². The van der Waals surface area contributed by atoms with E-state index >= 15 is 0 Å². The number of ether oxygens (including phenoxy) is 1. The molecule has 34 heavy (non-hydrogen) atoms. The molecule has 2 atom stereocenters.